The third kappa shape index (κ3) is 3.57. The summed E-state index contributed by atoms with van der Waals surface area (Å²) in [4.78, 5) is 8.39. The Morgan fingerprint density at radius 2 is 1.79 bits per heavy atom. The van der Waals surface area contributed by atoms with Gasteiger partial charge in [-0.05, 0) is 23.8 Å². The summed E-state index contributed by atoms with van der Waals surface area (Å²) in [6, 6.07) is 8.55. The van der Waals surface area contributed by atoms with Crippen LogP contribution in [0.5, 0.6) is 0 Å². The zero-order valence-electron chi connectivity index (χ0n) is 12.0. The van der Waals surface area contributed by atoms with Crippen molar-refractivity contribution in [1.29, 1.82) is 0 Å². The molecule has 0 radical (unpaired) electrons. The van der Waals surface area contributed by atoms with Crippen molar-refractivity contribution in [3.05, 3.63) is 63.6 Å². The van der Waals surface area contributed by atoms with Crippen molar-refractivity contribution in [2.45, 2.75) is 5.75 Å². The number of thiol groups is 1. The molecule has 0 atom stereocenters. The quantitative estimate of drug-likeness (QED) is 0.670. The second kappa shape index (κ2) is 7.11. The molecule has 0 bridgehead atoms. The van der Waals surface area contributed by atoms with Crippen molar-refractivity contribution in [3.8, 4) is 17.1 Å². The fourth-order valence-electron chi connectivity index (χ4n) is 2.20. The summed E-state index contributed by atoms with van der Waals surface area (Å²) in [5, 5.41) is 1.14. The van der Waals surface area contributed by atoms with Crippen LogP contribution >= 0.6 is 34.8 Å². The minimum atomic E-state index is -2.49. The smallest absolute Gasteiger partial charge is 0.155 e. The summed E-state index contributed by atoms with van der Waals surface area (Å²) in [6.07, 6.45) is 3.04. The minimum absolute atomic E-state index is 0.0487. The van der Waals surface area contributed by atoms with Gasteiger partial charge in [0, 0.05) is 11.8 Å². The molecule has 0 fully saturated rings. The highest BCUT2D eigenvalue weighted by atomic mass is 35.5. The molecule has 9 heteroatoms. The molecule has 0 unspecified atom stereocenters. The third-order valence-corrected chi connectivity index (χ3v) is 4.92. The van der Waals surface area contributed by atoms with E-state index in [1.54, 1.807) is 34.9 Å². The lowest BCUT2D eigenvalue weighted by Crippen LogP contribution is -1.99. The summed E-state index contributed by atoms with van der Waals surface area (Å²) < 4.78 is 23.3. The van der Waals surface area contributed by atoms with E-state index in [4.69, 9.17) is 34.8 Å². The first-order valence-electron chi connectivity index (χ1n) is 6.71. The zero-order chi connectivity index (χ0) is 17.3. The molecule has 0 saturated carbocycles. The number of benzene rings is 1. The number of pyridine rings is 1. The van der Waals surface area contributed by atoms with Crippen LogP contribution in [-0.2, 0) is 16.5 Å². The summed E-state index contributed by atoms with van der Waals surface area (Å²) in [7, 11) is -2.49. The standard InChI is InChI=1S/C15H10Cl3N3O2S/c16-11-3-2-10(5-12(11)17)14-15(18)20-8-21(14)13-4-1-9(6-19-13)7-24(22)23/h1-6,8,24H,7H2. The molecule has 2 aromatic heterocycles. The molecule has 124 valence electrons. The number of hydrogen-bond donors (Lipinski definition) is 1. The molecule has 0 aliphatic heterocycles. The van der Waals surface area contributed by atoms with Crippen molar-refractivity contribution in [2.75, 3.05) is 0 Å². The van der Waals surface area contributed by atoms with Crippen molar-refractivity contribution < 1.29 is 8.42 Å². The van der Waals surface area contributed by atoms with Gasteiger partial charge in [0.25, 0.3) is 0 Å². The summed E-state index contributed by atoms with van der Waals surface area (Å²) in [5.74, 6) is 0.507. The predicted molar refractivity (Wildman–Crippen MR) is 95.8 cm³/mol. The third-order valence-electron chi connectivity index (χ3n) is 3.28. The topological polar surface area (TPSA) is 64.8 Å². The number of nitrogens with zero attached hydrogens (tertiary/aromatic N) is 3. The largest absolute Gasteiger partial charge is 0.281 e. The van der Waals surface area contributed by atoms with E-state index in [0.717, 1.165) is 5.56 Å². The minimum Gasteiger partial charge on any atom is -0.281 e. The van der Waals surface area contributed by atoms with E-state index in [1.165, 1.54) is 12.5 Å². The van der Waals surface area contributed by atoms with E-state index >= 15 is 0 Å². The molecule has 0 amide bonds. The molecule has 1 aromatic carbocycles. The van der Waals surface area contributed by atoms with E-state index in [2.05, 4.69) is 9.97 Å². The Kier molecular flexibility index (Phi) is 5.10. The van der Waals surface area contributed by atoms with E-state index in [0.29, 0.717) is 32.3 Å². The van der Waals surface area contributed by atoms with Gasteiger partial charge in [0.1, 0.15) is 22.8 Å². The average molecular weight is 403 g/mol. The lowest BCUT2D eigenvalue weighted by atomic mass is 10.1. The van der Waals surface area contributed by atoms with E-state index in [9.17, 15) is 8.42 Å². The fourth-order valence-corrected chi connectivity index (χ4v) is 3.23. The van der Waals surface area contributed by atoms with Crippen LogP contribution in [0.4, 0.5) is 0 Å². The van der Waals surface area contributed by atoms with Crippen molar-refractivity contribution in [3.63, 3.8) is 0 Å². The Morgan fingerprint density at radius 3 is 2.42 bits per heavy atom. The average Bonchev–Trinajstić information content (AvgIpc) is 2.92. The summed E-state index contributed by atoms with van der Waals surface area (Å²) in [6.45, 7) is 0. The normalized spacial score (nSPS) is 11.2. The molecule has 0 spiro atoms. The number of halogens is 3. The van der Waals surface area contributed by atoms with Crippen LogP contribution in [0.3, 0.4) is 0 Å². The Morgan fingerprint density at radius 1 is 1.00 bits per heavy atom. The molecule has 0 N–H and O–H groups in total. The molecule has 3 aromatic rings. The van der Waals surface area contributed by atoms with Crippen molar-refractivity contribution in [2.24, 2.45) is 0 Å². The Hall–Kier alpha value is -1.60. The first kappa shape index (κ1) is 17.2. The number of rotatable bonds is 4. The van der Waals surface area contributed by atoms with Crippen LogP contribution in [-0.4, -0.2) is 23.0 Å². The summed E-state index contributed by atoms with van der Waals surface area (Å²) in [5.41, 5.74) is 1.96. The van der Waals surface area contributed by atoms with Gasteiger partial charge >= 0.3 is 0 Å². The molecular weight excluding hydrogens is 393 g/mol. The lowest BCUT2D eigenvalue weighted by molar-refractivity contribution is 0.614. The molecule has 24 heavy (non-hydrogen) atoms. The van der Waals surface area contributed by atoms with Gasteiger partial charge in [0.2, 0.25) is 0 Å². The Labute approximate surface area is 154 Å². The van der Waals surface area contributed by atoms with Crippen LogP contribution in [0, 0.1) is 0 Å². The molecule has 0 aliphatic rings. The van der Waals surface area contributed by atoms with E-state index in [1.807, 2.05) is 0 Å². The van der Waals surface area contributed by atoms with Gasteiger partial charge in [-0.15, -0.1) is 0 Å². The highest BCUT2D eigenvalue weighted by molar-refractivity contribution is 7.71. The van der Waals surface area contributed by atoms with Crippen LogP contribution in [0.15, 0.2) is 42.9 Å². The van der Waals surface area contributed by atoms with Gasteiger partial charge in [0.05, 0.1) is 21.5 Å². The van der Waals surface area contributed by atoms with Gasteiger partial charge in [-0.25, -0.2) is 18.4 Å². The van der Waals surface area contributed by atoms with Crippen molar-refractivity contribution in [1.82, 2.24) is 14.5 Å². The van der Waals surface area contributed by atoms with Crippen LogP contribution in [0.25, 0.3) is 17.1 Å². The fraction of sp³-hybridized carbons (Fsp3) is 0.0667. The first-order chi connectivity index (χ1) is 11.5. The maximum atomic E-state index is 10.8. The Bertz CT molecular complexity index is 961. The van der Waals surface area contributed by atoms with Gasteiger partial charge in [-0.1, -0.05) is 46.9 Å². The highest BCUT2D eigenvalue weighted by Gasteiger charge is 2.15. The van der Waals surface area contributed by atoms with Gasteiger partial charge in [0.15, 0.2) is 5.15 Å². The van der Waals surface area contributed by atoms with Gasteiger partial charge in [-0.2, -0.15) is 0 Å². The predicted octanol–water partition coefficient (Wildman–Crippen LogP) is 4.01. The van der Waals surface area contributed by atoms with Crippen LogP contribution in [0.2, 0.25) is 15.2 Å². The SMILES string of the molecule is O=[SH](=O)Cc1ccc(-n2cnc(Cl)c2-c2ccc(Cl)c(Cl)c2)nc1. The highest BCUT2D eigenvalue weighted by Crippen LogP contribution is 2.33. The van der Waals surface area contributed by atoms with Gasteiger partial charge < -0.3 is 0 Å². The van der Waals surface area contributed by atoms with Crippen molar-refractivity contribution >= 4 is 45.5 Å². The number of hydrogen-bond acceptors (Lipinski definition) is 4. The molecule has 0 saturated heterocycles. The first-order valence-corrected chi connectivity index (χ1v) is 9.20. The monoisotopic (exact) mass is 401 g/mol. The Balaban J connectivity index is 2.05. The zero-order valence-corrected chi connectivity index (χ0v) is 15.2. The second-order valence-electron chi connectivity index (χ2n) is 4.90. The van der Waals surface area contributed by atoms with Gasteiger partial charge in [-0.3, -0.25) is 4.57 Å². The molecule has 3 rings (SSSR count). The lowest BCUT2D eigenvalue weighted by Gasteiger charge is -2.09. The van der Waals surface area contributed by atoms with E-state index < -0.39 is 10.7 Å². The number of imidazole rings is 1. The molecule has 0 aliphatic carbocycles. The second-order valence-corrected chi connectivity index (χ2v) is 7.05. The maximum Gasteiger partial charge on any atom is 0.155 e. The molecular formula is C15H10Cl3N3O2S. The molecule has 2 heterocycles. The van der Waals surface area contributed by atoms with E-state index in [-0.39, 0.29) is 5.75 Å². The maximum absolute atomic E-state index is 10.8. The van der Waals surface area contributed by atoms with Crippen LogP contribution < -0.4 is 0 Å². The summed E-state index contributed by atoms with van der Waals surface area (Å²) >= 11 is 18.2. The van der Waals surface area contributed by atoms with Crippen LogP contribution in [0.1, 0.15) is 5.56 Å². The number of aromatic nitrogens is 3. The molecule has 5 nitrogen and oxygen atoms in total.